The molecule has 5 heteroatoms. The lowest BCUT2D eigenvalue weighted by Gasteiger charge is -2.65. The fraction of sp³-hybridized carbons (Fsp3) is 0.955. The van der Waals surface area contributed by atoms with Crippen molar-refractivity contribution in [2.24, 2.45) is 34.5 Å². The zero-order chi connectivity index (χ0) is 20.0. The van der Waals surface area contributed by atoms with Gasteiger partial charge in [0.25, 0.3) is 0 Å². The molecule has 0 spiro atoms. The Kier molecular flexibility index (Phi) is 4.22. The van der Waals surface area contributed by atoms with E-state index in [9.17, 15) is 20.1 Å². The number of hydrogen-bond acceptors (Lipinski definition) is 4. The van der Waals surface area contributed by atoms with Crippen molar-refractivity contribution in [2.75, 3.05) is 0 Å². The van der Waals surface area contributed by atoms with Crippen molar-refractivity contribution in [2.45, 2.75) is 96.1 Å². The number of Topliss-reactive ketones (excluding diaryl/α,β-unsaturated/α-hetero) is 1. The molecule has 4 rings (SSSR count). The van der Waals surface area contributed by atoms with Gasteiger partial charge in [-0.05, 0) is 69.1 Å². The zero-order valence-electron chi connectivity index (χ0n) is 17.0. The van der Waals surface area contributed by atoms with Gasteiger partial charge in [-0.25, -0.2) is 4.39 Å². The van der Waals surface area contributed by atoms with Crippen molar-refractivity contribution in [1.82, 2.24) is 0 Å². The van der Waals surface area contributed by atoms with E-state index < -0.39 is 34.3 Å². The van der Waals surface area contributed by atoms with Crippen LogP contribution in [0.1, 0.15) is 72.6 Å². The summed E-state index contributed by atoms with van der Waals surface area (Å²) in [6.45, 7) is 7.47. The number of aliphatic hydroxyl groups excluding tert-OH is 1. The van der Waals surface area contributed by atoms with E-state index in [0.717, 1.165) is 19.3 Å². The molecule has 4 nitrogen and oxygen atoms in total. The molecule has 0 aromatic rings. The van der Waals surface area contributed by atoms with Gasteiger partial charge in [0.15, 0.2) is 5.78 Å². The van der Waals surface area contributed by atoms with Crippen LogP contribution in [0.2, 0.25) is 0 Å². The average molecular weight is 383 g/mol. The summed E-state index contributed by atoms with van der Waals surface area (Å²) in [6.07, 6.45) is 1.85. The van der Waals surface area contributed by atoms with E-state index in [4.69, 9.17) is 0 Å². The van der Waals surface area contributed by atoms with Crippen molar-refractivity contribution < 1.29 is 24.5 Å². The van der Waals surface area contributed by atoms with Crippen molar-refractivity contribution in [3.8, 4) is 0 Å². The molecule has 4 aliphatic rings. The molecule has 0 heterocycles. The van der Waals surface area contributed by atoms with Gasteiger partial charge >= 0.3 is 0 Å². The molecule has 4 aliphatic carbocycles. The van der Waals surface area contributed by atoms with Gasteiger partial charge in [-0.3, -0.25) is 4.79 Å². The summed E-state index contributed by atoms with van der Waals surface area (Å²) in [5.74, 6) is 0.0152. The van der Waals surface area contributed by atoms with Gasteiger partial charge in [-0.15, -0.1) is 0 Å². The van der Waals surface area contributed by atoms with E-state index in [1.165, 1.54) is 6.92 Å². The molecule has 10 atom stereocenters. The van der Waals surface area contributed by atoms with Crippen LogP contribution < -0.4 is 0 Å². The Morgan fingerprint density at radius 1 is 1.04 bits per heavy atom. The zero-order valence-corrected chi connectivity index (χ0v) is 17.0. The van der Waals surface area contributed by atoms with E-state index in [1.807, 2.05) is 20.8 Å². The second-order valence-corrected chi connectivity index (χ2v) is 10.7. The van der Waals surface area contributed by atoms with E-state index >= 15 is 4.39 Å². The van der Waals surface area contributed by atoms with Crippen molar-refractivity contribution in [3.63, 3.8) is 0 Å². The standard InChI is InChI=1S/C22H35FO4/c1-12-9-17-15-10-18(23)21(26)11-14(25)5-7-19(21,3)16(15)6-8-20(17,4)22(12,27)13(2)24/h12,14-18,25-27H,5-11H2,1-4H3/t12-,14+,15+,16-,17-,18+,19+,20-,21+,22+/m0/s1. The molecule has 4 fully saturated rings. The minimum atomic E-state index is -1.47. The fourth-order valence-corrected chi connectivity index (χ4v) is 8.30. The molecular formula is C22H35FO4. The van der Waals surface area contributed by atoms with Gasteiger partial charge < -0.3 is 15.3 Å². The first-order valence-electron chi connectivity index (χ1n) is 10.7. The van der Waals surface area contributed by atoms with Crippen LogP contribution in [-0.4, -0.2) is 44.6 Å². The highest BCUT2D eigenvalue weighted by Gasteiger charge is 2.72. The van der Waals surface area contributed by atoms with Crippen LogP contribution in [0.3, 0.4) is 0 Å². The topological polar surface area (TPSA) is 77.8 Å². The molecule has 0 radical (unpaired) electrons. The number of alkyl halides is 1. The third-order valence-corrected chi connectivity index (χ3v) is 9.90. The monoisotopic (exact) mass is 382 g/mol. The van der Waals surface area contributed by atoms with Crippen LogP contribution in [-0.2, 0) is 4.79 Å². The van der Waals surface area contributed by atoms with Crippen molar-refractivity contribution in [3.05, 3.63) is 0 Å². The summed E-state index contributed by atoms with van der Waals surface area (Å²) >= 11 is 0. The molecule has 154 valence electrons. The summed E-state index contributed by atoms with van der Waals surface area (Å²) in [7, 11) is 0. The summed E-state index contributed by atoms with van der Waals surface area (Å²) in [6, 6.07) is 0. The normalized spacial score (nSPS) is 60.3. The maximum atomic E-state index is 15.4. The Hall–Kier alpha value is -0.520. The molecule has 0 aromatic carbocycles. The van der Waals surface area contributed by atoms with E-state index in [2.05, 4.69) is 0 Å². The lowest BCUT2D eigenvalue weighted by Crippen LogP contribution is -2.68. The quantitative estimate of drug-likeness (QED) is 0.651. The van der Waals surface area contributed by atoms with Crippen LogP contribution in [0, 0.1) is 34.5 Å². The van der Waals surface area contributed by atoms with Crippen molar-refractivity contribution >= 4 is 5.78 Å². The number of carbonyl (C=O) groups is 1. The molecule has 0 aliphatic heterocycles. The lowest BCUT2D eigenvalue weighted by molar-refractivity contribution is -0.253. The molecule has 0 amide bonds. The van der Waals surface area contributed by atoms with Crippen LogP contribution >= 0.6 is 0 Å². The molecule has 0 unspecified atom stereocenters. The molecular weight excluding hydrogens is 347 g/mol. The minimum Gasteiger partial charge on any atom is -0.393 e. The fourth-order valence-electron chi connectivity index (χ4n) is 8.30. The Labute approximate surface area is 161 Å². The van der Waals surface area contributed by atoms with Gasteiger partial charge in [0.05, 0.1) is 6.10 Å². The first kappa shape index (κ1) is 19.8. The number of aliphatic hydroxyl groups is 3. The number of ketones is 1. The Balaban J connectivity index is 1.74. The Bertz CT molecular complexity index is 654. The largest absolute Gasteiger partial charge is 0.393 e. The van der Waals surface area contributed by atoms with Gasteiger partial charge in [-0.1, -0.05) is 20.8 Å². The first-order chi connectivity index (χ1) is 12.4. The molecule has 27 heavy (non-hydrogen) atoms. The van der Waals surface area contributed by atoms with Crippen LogP contribution in [0.25, 0.3) is 0 Å². The second kappa shape index (κ2) is 5.76. The smallest absolute Gasteiger partial charge is 0.162 e. The van der Waals surface area contributed by atoms with Gasteiger partial charge in [0.2, 0.25) is 0 Å². The first-order valence-corrected chi connectivity index (χ1v) is 10.7. The van der Waals surface area contributed by atoms with E-state index in [1.54, 1.807) is 0 Å². The highest BCUT2D eigenvalue weighted by molar-refractivity contribution is 5.86. The van der Waals surface area contributed by atoms with Gasteiger partial charge in [0, 0.05) is 17.3 Å². The molecule has 4 saturated carbocycles. The number of fused-ring (bicyclic) bond motifs is 5. The van der Waals surface area contributed by atoms with E-state index in [-0.39, 0.29) is 42.3 Å². The number of halogens is 1. The van der Waals surface area contributed by atoms with Crippen molar-refractivity contribution in [1.29, 1.82) is 0 Å². The third kappa shape index (κ3) is 2.17. The lowest BCUT2D eigenvalue weighted by atomic mass is 9.42. The second-order valence-electron chi connectivity index (χ2n) is 10.7. The predicted octanol–water partition coefficient (Wildman–Crippen LogP) is 3.02. The van der Waals surface area contributed by atoms with Crippen LogP contribution in [0.15, 0.2) is 0 Å². The molecule has 0 saturated heterocycles. The predicted molar refractivity (Wildman–Crippen MR) is 99.7 cm³/mol. The minimum absolute atomic E-state index is 0.0649. The van der Waals surface area contributed by atoms with Gasteiger partial charge in [0.1, 0.15) is 17.4 Å². The summed E-state index contributed by atoms with van der Waals surface area (Å²) in [4.78, 5) is 12.4. The maximum absolute atomic E-state index is 15.4. The molecule has 0 bridgehead atoms. The van der Waals surface area contributed by atoms with Crippen LogP contribution in [0.4, 0.5) is 4.39 Å². The number of hydrogen-bond donors (Lipinski definition) is 3. The highest BCUT2D eigenvalue weighted by atomic mass is 19.1. The summed E-state index contributed by atoms with van der Waals surface area (Å²) in [5, 5.41) is 32.8. The van der Waals surface area contributed by atoms with Gasteiger partial charge in [-0.2, -0.15) is 0 Å². The van der Waals surface area contributed by atoms with Crippen LogP contribution in [0.5, 0.6) is 0 Å². The molecule has 0 aromatic heterocycles. The SMILES string of the molecule is CC(=O)[C@]1(O)[C@@H](C)C[C@H]2[C@@H]3C[C@@H](F)[C@]4(O)C[C@H](O)CC[C@]4(C)[C@H]3CC[C@@]21C. The van der Waals surface area contributed by atoms with E-state index in [0.29, 0.717) is 12.8 Å². The Morgan fingerprint density at radius 2 is 1.67 bits per heavy atom. The molecule has 3 N–H and O–H groups in total. The highest BCUT2D eigenvalue weighted by Crippen LogP contribution is 2.70. The summed E-state index contributed by atoms with van der Waals surface area (Å²) < 4.78 is 15.4. The third-order valence-electron chi connectivity index (χ3n) is 9.90. The number of rotatable bonds is 1. The Morgan fingerprint density at radius 3 is 2.30 bits per heavy atom. The summed E-state index contributed by atoms with van der Waals surface area (Å²) in [5.41, 5.74) is -3.90. The average Bonchev–Trinajstić information content (AvgIpc) is 2.80. The number of carbonyl (C=O) groups excluding carboxylic acids is 1. The maximum Gasteiger partial charge on any atom is 0.162 e.